The summed E-state index contributed by atoms with van der Waals surface area (Å²) in [5, 5.41) is 3.59. The summed E-state index contributed by atoms with van der Waals surface area (Å²) < 4.78 is 49.9. The van der Waals surface area contributed by atoms with Crippen LogP contribution in [0.4, 0.5) is 22.4 Å². The van der Waals surface area contributed by atoms with E-state index in [4.69, 9.17) is 11.6 Å². The number of benzene rings is 3. The predicted octanol–water partition coefficient (Wildman–Crippen LogP) is 6.57. The summed E-state index contributed by atoms with van der Waals surface area (Å²) in [7, 11) is 0. The summed E-state index contributed by atoms with van der Waals surface area (Å²) in [6, 6.07) is 20.4. The van der Waals surface area contributed by atoms with E-state index < -0.39 is 17.4 Å². The van der Waals surface area contributed by atoms with Crippen LogP contribution in [0.2, 0.25) is 5.02 Å². The van der Waals surface area contributed by atoms with Gasteiger partial charge in [0.2, 0.25) is 5.91 Å². The van der Waals surface area contributed by atoms with Crippen LogP contribution in [0, 0.1) is 5.82 Å². The number of hydrogen-bond acceptors (Lipinski definition) is 3. The molecule has 1 spiro atoms. The van der Waals surface area contributed by atoms with Gasteiger partial charge in [-0.05, 0) is 42.3 Å². The molecule has 3 aromatic rings. The second-order valence-electron chi connectivity index (χ2n) is 9.71. The number of amides is 2. The van der Waals surface area contributed by atoms with E-state index in [0.29, 0.717) is 42.9 Å². The molecule has 1 unspecified atom stereocenters. The van der Waals surface area contributed by atoms with Crippen molar-refractivity contribution in [3.63, 3.8) is 0 Å². The zero-order valence-electron chi connectivity index (χ0n) is 21.4. The maximum atomic E-state index is 14.3. The largest absolute Gasteiger partial charge is 0.416 e. The topological polar surface area (TPSA) is 52.7 Å². The second kappa shape index (κ2) is 12.6. The second-order valence-corrected chi connectivity index (χ2v) is 10.5. The molecule has 2 saturated heterocycles. The summed E-state index contributed by atoms with van der Waals surface area (Å²) in [6.45, 7) is 1.22. The lowest BCUT2D eigenvalue weighted by Crippen LogP contribution is -2.59. The van der Waals surface area contributed by atoms with Crippen molar-refractivity contribution in [1.29, 1.82) is 0 Å². The molecule has 2 amide bonds. The Morgan fingerprint density at radius 2 is 1.57 bits per heavy atom. The van der Waals surface area contributed by atoms with E-state index in [1.807, 2.05) is 30.3 Å². The van der Waals surface area contributed by atoms with Gasteiger partial charge in [-0.3, -0.25) is 14.9 Å². The van der Waals surface area contributed by atoms with Crippen LogP contribution in [0.1, 0.15) is 29.5 Å². The van der Waals surface area contributed by atoms with E-state index in [2.05, 4.69) is 17.9 Å². The molecule has 0 bridgehead atoms. The highest BCUT2D eigenvalue weighted by molar-refractivity contribution is 7.96. The van der Waals surface area contributed by atoms with Crippen molar-refractivity contribution in [2.75, 3.05) is 13.1 Å². The molecule has 3 aromatic carbocycles. The Morgan fingerprint density at radius 3 is 2.15 bits per heavy atom. The van der Waals surface area contributed by atoms with E-state index in [-0.39, 0.29) is 29.6 Å². The molecule has 5 rings (SSSR count). The normalized spacial score (nSPS) is 18.4. The van der Waals surface area contributed by atoms with Gasteiger partial charge in [-0.2, -0.15) is 13.2 Å². The number of nitrogens with zero attached hydrogens (tertiary/aromatic N) is 2. The van der Waals surface area contributed by atoms with Crippen molar-refractivity contribution in [1.82, 2.24) is 15.1 Å². The zero-order valence-corrected chi connectivity index (χ0v) is 23.0. The predicted molar refractivity (Wildman–Crippen MR) is 148 cm³/mol. The summed E-state index contributed by atoms with van der Waals surface area (Å²) in [6.07, 6.45) is -2.52. The van der Waals surface area contributed by atoms with Crippen LogP contribution in [0.15, 0.2) is 78.9 Å². The zero-order chi connectivity index (χ0) is 28.9. The number of nitrogens with one attached hydrogen (secondary N) is 1. The number of carbonyl (C=O) groups is 2. The first-order valence-corrected chi connectivity index (χ1v) is 13.5. The number of rotatable bonds is 4. The Hall–Kier alpha value is -3.08. The third-order valence-corrected chi connectivity index (χ3v) is 7.66. The monoisotopic (exact) mass is 593 g/mol. The fourth-order valence-corrected chi connectivity index (χ4v) is 5.32. The van der Waals surface area contributed by atoms with Gasteiger partial charge in [-0.25, -0.2) is 4.39 Å². The van der Waals surface area contributed by atoms with Crippen LogP contribution >= 0.6 is 24.2 Å². The number of alkyl halides is 3. The van der Waals surface area contributed by atoms with Crippen LogP contribution in [0.3, 0.4) is 0 Å². The summed E-state index contributed by atoms with van der Waals surface area (Å²) >= 11 is 9.32. The van der Waals surface area contributed by atoms with Crippen LogP contribution < -0.4 is 5.32 Å². The molecule has 0 aromatic heterocycles. The number of halogens is 5. The van der Waals surface area contributed by atoms with Gasteiger partial charge in [-0.1, -0.05) is 72.8 Å². The van der Waals surface area contributed by atoms with Crippen molar-refractivity contribution >= 4 is 35.4 Å². The molecule has 2 fully saturated rings. The Bertz CT molecular complexity index is 1320. The lowest BCUT2D eigenvalue weighted by Gasteiger charge is -2.44. The van der Waals surface area contributed by atoms with Gasteiger partial charge in [0.1, 0.15) is 5.82 Å². The molecule has 2 heterocycles. The Balaban J connectivity index is 0.000000283. The van der Waals surface area contributed by atoms with E-state index >= 15 is 0 Å². The molecule has 2 aliphatic heterocycles. The van der Waals surface area contributed by atoms with Gasteiger partial charge in [0.05, 0.1) is 23.8 Å². The van der Waals surface area contributed by atoms with Crippen LogP contribution in [-0.4, -0.2) is 45.7 Å². The quantitative estimate of drug-likeness (QED) is 0.266. The number of hydrogen-bond donors (Lipinski definition) is 2. The van der Waals surface area contributed by atoms with E-state index in [1.54, 1.807) is 28.0 Å². The fourth-order valence-electron chi connectivity index (χ4n) is 5.00. The van der Waals surface area contributed by atoms with Crippen molar-refractivity contribution in [3.05, 3.63) is 106 Å². The molecule has 1 N–H and O–H groups in total. The Kier molecular flexibility index (Phi) is 9.43. The van der Waals surface area contributed by atoms with Crippen LogP contribution in [0.25, 0.3) is 0 Å². The average Bonchev–Trinajstić information content (AvgIpc) is 3.16. The summed E-state index contributed by atoms with van der Waals surface area (Å²) in [4.78, 5) is 28.4. The van der Waals surface area contributed by atoms with Gasteiger partial charge in [-0.15, -0.1) is 0 Å². The van der Waals surface area contributed by atoms with Gasteiger partial charge < -0.3 is 9.80 Å². The van der Waals surface area contributed by atoms with Crippen molar-refractivity contribution in [2.45, 2.75) is 43.7 Å². The number of likely N-dealkylation sites (tertiary alicyclic amines) is 1. The minimum absolute atomic E-state index is 0.0252. The molecular formula is C29H28ClF4N3O2S. The minimum atomic E-state index is -4.27. The van der Waals surface area contributed by atoms with E-state index in [1.165, 1.54) is 18.2 Å². The molecule has 0 saturated carbocycles. The molecule has 0 radical (unpaired) electrons. The SMILES string of the molecule is FC(F)(F)c1ccc(Cl)cc1.O=C(S)N1CCC2(CC1)NC(Cc1ccccc1)C(=O)N2Cc1ccccc1F. The Labute approximate surface area is 240 Å². The maximum absolute atomic E-state index is 14.3. The lowest BCUT2D eigenvalue weighted by atomic mass is 9.95. The standard InChI is InChI=1S/C22H24FN3O2S.C7H4ClF3/c23-18-9-5-4-8-17(18)15-26-20(27)19(14-16-6-2-1-3-7-16)24-22(26)10-12-25(13-11-22)21(28)29;8-6-3-1-5(2-4-6)7(9,10)11/h1-9,19,24H,10-15H2,(H,28,29);1-4H. The highest BCUT2D eigenvalue weighted by Gasteiger charge is 2.51. The van der Waals surface area contributed by atoms with Gasteiger partial charge >= 0.3 is 6.18 Å². The van der Waals surface area contributed by atoms with Crippen molar-refractivity contribution in [2.24, 2.45) is 0 Å². The molecule has 1 atom stereocenters. The van der Waals surface area contributed by atoms with Crippen molar-refractivity contribution in [3.8, 4) is 0 Å². The number of carbonyl (C=O) groups excluding carboxylic acids is 2. The molecule has 5 nitrogen and oxygen atoms in total. The highest BCUT2D eigenvalue weighted by Crippen LogP contribution is 2.35. The molecular weight excluding hydrogens is 566 g/mol. The first-order chi connectivity index (χ1) is 19.0. The summed E-state index contributed by atoms with van der Waals surface area (Å²) in [5.41, 5.74) is 0.305. The third kappa shape index (κ3) is 7.16. The van der Waals surface area contributed by atoms with E-state index in [0.717, 1.165) is 17.7 Å². The highest BCUT2D eigenvalue weighted by atomic mass is 35.5. The smallest absolute Gasteiger partial charge is 0.334 e. The number of thiol groups is 1. The van der Waals surface area contributed by atoms with Gasteiger partial charge in [0.25, 0.3) is 5.24 Å². The molecule has 40 heavy (non-hydrogen) atoms. The molecule has 0 aliphatic carbocycles. The first kappa shape index (κ1) is 29.9. The fraction of sp³-hybridized carbons (Fsp3) is 0.310. The maximum Gasteiger partial charge on any atom is 0.416 e. The third-order valence-electron chi connectivity index (χ3n) is 7.13. The average molecular weight is 594 g/mol. The number of piperidine rings is 1. The Morgan fingerprint density at radius 1 is 0.975 bits per heavy atom. The van der Waals surface area contributed by atoms with Gasteiger partial charge in [0, 0.05) is 36.5 Å². The van der Waals surface area contributed by atoms with Crippen LogP contribution in [-0.2, 0) is 23.9 Å². The molecule has 212 valence electrons. The van der Waals surface area contributed by atoms with Crippen molar-refractivity contribution < 1.29 is 27.2 Å². The summed E-state index contributed by atoms with van der Waals surface area (Å²) in [5.74, 6) is -0.340. The minimum Gasteiger partial charge on any atom is -0.334 e. The van der Waals surface area contributed by atoms with Crippen LogP contribution in [0.5, 0.6) is 0 Å². The van der Waals surface area contributed by atoms with E-state index in [9.17, 15) is 27.2 Å². The lowest BCUT2D eigenvalue weighted by molar-refractivity contribution is -0.137. The van der Waals surface area contributed by atoms with Gasteiger partial charge in [0.15, 0.2) is 0 Å². The molecule has 2 aliphatic rings. The molecule has 11 heteroatoms. The first-order valence-electron chi connectivity index (χ1n) is 12.7.